The van der Waals surface area contributed by atoms with Crippen molar-refractivity contribution in [3.05, 3.63) is 12.7 Å². The summed E-state index contributed by atoms with van der Waals surface area (Å²) in [5, 5.41) is 19.4. The number of piperidine rings is 1. The van der Waals surface area contributed by atoms with Gasteiger partial charge in [0.15, 0.2) is 23.2 Å². The maximum absolute atomic E-state index is 10.2. The van der Waals surface area contributed by atoms with E-state index >= 15 is 0 Å². The number of hydrogen-bond donors (Lipinski definition) is 2. The van der Waals surface area contributed by atoms with Gasteiger partial charge in [0.2, 0.25) is 0 Å². The van der Waals surface area contributed by atoms with Gasteiger partial charge in [-0.05, 0) is 19.3 Å². The highest BCUT2D eigenvalue weighted by Gasteiger charge is 2.36. The number of ether oxygens (including phenoxy) is 1. The highest BCUT2D eigenvalue weighted by atomic mass is 16.5. The Morgan fingerprint density at radius 3 is 2.74 bits per heavy atom. The molecule has 0 bridgehead atoms. The fraction of sp³-hybridized carbons (Fsp3) is 0.667. The molecule has 0 saturated carbocycles. The van der Waals surface area contributed by atoms with Crippen molar-refractivity contribution in [3.63, 3.8) is 0 Å². The Labute approximate surface area is 133 Å². The van der Waals surface area contributed by atoms with Crippen LogP contribution in [0.1, 0.15) is 31.9 Å². The molecule has 2 aliphatic rings. The third-order valence-electron chi connectivity index (χ3n) is 4.64. The SMILES string of the molecule is OCC1CC(O)C(n2cnc3c(N4CCCCC4)ncnc32)O1. The zero-order valence-corrected chi connectivity index (χ0v) is 12.9. The lowest BCUT2D eigenvalue weighted by molar-refractivity contribution is -0.0486. The maximum atomic E-state index is 10.2. The number of fused-ring (bicyclic) bond motifs is 1. The summed E-state index contributed by atoms with van der Waals surface area (Å²) in [4.78, 5) is 15.5. The minimum Gasteiger partial charge on any atom is -0.394 e. The maximum Gasteiger partial charge on any atom is 0.167 e. The van der Waals surface area contributed by atoms with Gasteiger partial charge >= 0.3 is 0 Å². The van der Waals surface area contributed by atoms with Crippen molar-refractivity contribution in [3.8, 4) is 0 Å². The lowest BCUT2D eigenvalue weighted by atomic mass is 10.1. The van der Waals surface area contributed by atoms with Crippen molar-refractivity contribution in [2.24, 2.45) is 0 Å². The largest absolute Gasteiger partial charge is 0.394 e. The van der Waals surface area contributed by atoms with Gasteiger partial charge in [0.05, 0.1) is 19.0 Å². The number of aliphatic hydroxyl groups is 2. The van der Waals surface area contributed by atoms with E-state index in [4.69, 9.17) is 4.74 Å². The summed E-state index contributed by atoms with van der Waals surface area (Å²) in [6.07, 6.45) is 5.56. The zero-order valence-electron chi connectivity index (χ0n) is 12.9. The van der Waals surface area contributed by atoms with Crippen molar-refractivity contribution in [2.45, 2.75) is 44.1 Å². The first-order valence-electron chi connectivity index (χ1n) is 8.15. The molecule has 3 atom stereocenters. The van der Waals surface area contributed by atoms with Gasteiger partial charge in [-0.1, -0.05) is 0 Å². The Morgan fingerprint density at radius 1 is 1.17 bits per heavy atom. The van der Waals surface area contributed by atoms with E-state index in [0.717, 1.165) is 37.3 Å². The number of hydrogen-bond acceptors (Lipinski definition) is 7. The first-order chi connectivity index (χ1) is 11.3. The molecule has 0 spiro atoms. The molecule has 2 aromatic heterocycles. The fourth-order valence-electron chi connectivity index (χ4n) is 3.46. The second-order valence-corrected chi connectivity index (χ2v) is 6.20. The van der Waals surface area contributed by atoms with E-state index in [0.29, 0.717) is 12.1 Å². The Balaban J connectivity index is 1.70. The van der Waals surface area contributed by atoms with Crippen LogP contribution in [0.5, 0.6) is 0 Å². The number of imidazole rings is 1. The summed E-state index contributed by atoms with van der Waals surface area (Å²) >= 11 is 0. The van der Waals surface area contributed by atoms with Crippen LogP contribution in [-0.2, 0) is 4.74 Å². The quantitative estimate of drug-likeness (QED) is 0.848. The molecule has 2 N–H and O–H groups in total. The molecule has 3 unspecified atom stereocenters. The topological polar surface area (TPSA) is 96.5 Å². The van der Waals surface area contributed by atoms with Gasteiger partial charge in [-0.3, -0.25) is 4.57 Å². The number of aromatic nitrogens is 4. The summed E-state index contributed by atoms with van der Waals surface area (Å²) in [5.41, 5.74) is 1.39. The Bertz CT molecular complexity index is 685. The number of aliphatic hydroxyl groups excluding tert-OH is 2. The minimum atomic E-state index is -0.682. The van der Waals surface area contributed by atoms with Gasteiger partial charge in [0.1, 0.15) is 12.4 Å². The monoisotopic (exact) mass is 319 g/mol. The second-order valence-electron chi connectivity index (χ2n) is 6.20. The van der Waals surface area contributed by atoms with E-state index in [-0.39, 0.29) is 12.7 Å². The van der Waals surface area contributed by atoms with E-state index in [2.05, 4.69) is 19.9 Å². The molecule has 2 fully saturated rings. The molecule has 2 aliphatic heterocycles. The molecule has 2 saturated heterocycles. The van der Waals surface area contributed by atoms with Crippen LogP contribution in [0.15, 0.2) is 12.7 Å². The van der Waals surface area contributed by atoms with Crippen LogP contribution < -0.4 is 4.90 Å². The molecular weight excluding hydrogens is 298 g/mol. The second kappa shape index (κ2) is 6.03. The molecule has 0 radical (unpaired) electrons. The van der Waals surface area contributed by atoms with Crippen LogP contribution >= 0.6 is 0 Å². The summed E-state index contributed by atoms with van der Waals surface area (Å²) in [6, 6.07) is 0. The first-order valence-corrected chi connectivity index (χ1v) is 8.15. The number of anilines is 1. The number of nitrogens with zero attached hydrogens (tertiary/aromatic N) is 5. The van der Waals surface area contributed by atoms with Gasteiger partial charge in [0, 0.05) is 19.5 Å². The van der Waals surface area contributed by atoms with E-state index in [1.165, 1.54) is 12.7 Å². The standard InChI is InChI=1S/C15H21N5O3/c21-7-10-6-11(22)15(23-10)20-9-18-12-13(16-8-17-14(12)20)19-4-2-1-3-5-19/h8-11,15,21-22H,1-7H2. The van der Waals surface area contributed by atoms with Gasteiger partial charge in [-0.2, -0.15) is 0 Å². The Hall–Kier alpha value is -1.77. The fourth-order valence-corrected chi connectivity index (χ4v) is 3.46. The molecule has 4 rings (SSSR count). The molecular formula is C15H21N5O3. The third kappa shape index (κ3) is 2.56. The molecule has 0 aromatic carbocycles. The molecule has 8 heteroatoms. The van der Waals surface area contributed by atoms with Crippen molar-refractivity contribution in [2.75, 3.05) is 24.6 Å². The molecule has 23 heavy (non-hydrogen) atoms. The van der Waals surface area contributed by atoms with Crippen LogP contribution in [-0.4, -0.2) is 61.6 Å². The van der Waals surface area contributed by atoms with Crippen LogP contribution in [0.2, 0.25) is 0 Å². The van der Waals surface area contributed by atoms with Crippen molar-refractivity contribution < 1.29 is 14.9 Å². The number of rotatable bonds is 3. The van der Waals surface area contributed by atoms with E-state index in [1.54, 1.807) is 10.9 Å². The van der Waals surface area contributed by atoms with Crippen LogP contribution in [0.4, 0.5) is 5.82 Å². The van der Waals surface area contributed by atoms with E-state index < -0.39 is 12.3 Å². The lowest BCUT2D eigenvalue weighted by Crippen LogP contribution is -2.30. The average Bonchev–Trinajstić information content (AvgIpc) is 3.18. The summed E-state index contributed by atoms with van der Waals surface area (Å²) in [7, 11) is 0. The van der Waals surface area contributed by atoms with E-state index in [9.17, 15) is 10.2 Å². The predicted octanol–water partition coefficient (Wildman–Crippen LogP) is 0.457. The first kappa shape index (κ1) is 14.8. The van der Waals surface area contributed by atoms with E-state index in [1.807, 2.05) is 0 Å². The van der Waals surface area contributed by atoms with Gasteiger partial charge < -0.3 is 19.8 Å². The molecule has 4 heterocycles. The molecule has 0 aliphatic carbocycles. The zero-order chi connectivity index (χ0) is 15.8. The normalized spacial score (nSPS) is 28.6. The van der Waals surface area contributed by atoms with Crippen molar-refractivity contribution >= 4 is 17.0 Å². The van der Waals surface area contributed by atoms with Gasteiger partial charge in [-0.15, -0.1) is 0 Å². The lowest BCUT2D eigenvalue weighted by Gasteiger charge is -2.27. The Morgan fingerprint density at radius 2 is 2.00 bits per heavy atom. The summed E-state index contributed by atoms with van der Waals surface area (Å²) < 4.78 is 7.45. The predicted molar refractivity (Wildman–Crippen MR) is 83.0 cm³/mol. The third-order valence-corrected chi connectivity index (χ3v) is 4.64. The smallest absolute Gasteiger partial charge is 0.167 e. The van der Waals surface area contributed by atoms with Crippen molar-refractivity contribution in [1.29, 1.82) is 0 Å². The highest BCUT2D eigenvalue weighted by molar-refractivity contribution is 5.83. The highest BCUT2D eigenvalue weighted by Crippen LogP contribution is 2.32. The molecule has 2 aromatic rings. The molecule has 8 nitrogen and oxygen atoms in total. The average molecular weight is 319 g/mol. The van der Waals surface area contributed by atoms with Crippen LogP contribution in [0.3, 0.4) is 0 Å². The Kier molecular flexibility index (Phi) is 3.88. The van der Waals surface area contributed by atoms with Crippen molar-refractivity contribution in [1.82, 2.24) is 19.5 Å². The van der Waals surface area contributed by atoms with Crippen LogP contribution in [0, 0.1) is 0 Å². The summed E-state index contributed by atoms with van der Waals surface area (Å²) in [6.45, 7) is 1.86. The van der Waals surface area contributed by atoms with Gasteiger partial charge in [0.25, 0.3) is 0 Å². The minimum absolute atomic E-state index is 0.103. The summed E-state index contributed by atoms with van der Waals surface area (Å²) in [5.74, 6) is 0.847. The molecule has 124 valence electrons. The van der Waals surface area contributed by atoms with Crippen LogP contribution in [0.25, 0.3) is 11.2 Å². The molecule has 0 amide bonds. The van der Waals surface area contributed by atoms with Gasteiger partial charge in [-0.25, -0.2) is 15.0 Å².